The molecular formula is C21H33N5O11. The molecule has 1 rings (SSSR count). The monoisotopic (exact) mass is 531 g/mol. The van der Waals surface area contributed by atoms with Crippen molar-refractivity contribution in [2.24, 2.45) is 11.5 Å². The van der Waals surface area contributed by atoms with E-state index >= 15 is 0 Å². The molecule has 0 aliphatic heterocycles. The number of anilines is 1. The number of nitrogens with zero attached hydrogens (tertiary/aromatic N) is 2. The molecule has 1 aromatic rings. The molecule has 6 atom stereocenters. The lowest BCUT2D eigenvalue weighted by Crippen LogP contribution is -2.47. The van der Waals surface area contributed by atoms with Gasteiger partial charge in [0.15, 0.2) is 0 Å². The Labute approximate surface area is 211 Å². The molecule has 9 N–H and O–H groups in total. The van der Waals surface area contributed by atoms with E-state index < -0.39 is 72.5 Å². The summed E-state index contributed by atoms with van der Waals surface area (Å²) in [6.07, 6.45) is -4.06. The van der Waals surface area contributed by atoms with Crippen LogP contribution < -0.4 is 22.5 Å². The zero-order valence-electron chi connectivity index (χ0n) is 20.4. The van der Waals surface area contributed by atoms with E-state index in [4.69, 9.17) is 31.2 Å². The molecule has 0 bridgehead atoms. The molecular weight excluding hydrogens is 498 g/mol. The van der Waals surface area contributed by atoms with Crippen molar-refractivity contribution in [1.82, 2.24) is 9.55 Å². The van der Waals surface area contributed by atoms with Crippen LogP contribution in [0.15, 0.2) is 17.1 Å². The standard InChI is InChI=1S/C21H33N5O11/c1-10(17(30)18(31)13(36-2)9-37-20(34)12(23)4-6-16(28)29)26-8-7-14(25-21(26)35)24-15(27)5-3-11(22)19(32)33/h7-8,10-13,17-18,30-31H,3-6,9,22-23H2,1-2H3,(H,28,29)(H,32,33)(H,24,25,27,35)/t10?,11?,12-,13?,17?,18?/m0/s1. The number of aromatic nitrogens is 2. The number of aliphatic carboxylic acids is 2. The Morgan fingerprint density at radius 1 is 1.08 bits per heavy atom. The summed E-state index contributed by atoms with van der Waals surface area (Å²) in [5.74, 6) is -4.02. The van der Waals surface area contributed by atoms with E-state index in [1.165, 1.54) is 26.3 Å². The van der Waals surface area contributed by atoms with Crippen LogP contribution in [-0.4, -0.2) is 97.9 Å². The van der Waals surface area contributed by atoms with Gasteiger partial charge in [0.25, 0.3) is 0 Å². The highest BCUT2D eigenvalue weighted by Crippen LogP contribution is 2.17. The number of aliphatic hydroxyl groups excluding tert-OH is 2. The van der Waals surface area contributed by atoms with Crippen LogP contribution in [0.25, 0.3) is 0 Å². The van der Waals surface area contributed by atoms with E-state index in [1.807, 2.05) is 0 Å². The fraction of sp³-hybridized carbons (Fsp3) is 0.619. The number of carbonyl (C=O) groups excluding carboxylic acids is 2. The fourth-order valence-electron chi connectivity index (χ4n) is 3.05. The van der Waals surface area contributed by atoms with Gasteiger partial charge in [-0.25, -0.2) is 4.79 Å². The number of aliphatic hydroxyl groups is 2. The number of ether oxygens (including phenoxy) is 2. The second-order valence-corrected chi connectivity index (χ2v) is 8.20. The lowest BCUT2D eigenvalue weighted by atomic mass is 10.0. The first-order valence-electron chi connectivity index (χ1n) is 11.2. The number of carboxylic acid groups (broad SMARTS) is 2. The second kappa shape index (κ2) is 15.0. The largest absolute Gasteiger partial charge is 0.481 e. The first-order valence-corrected chi connectivity index (χ1v) is 11.2. The number of hydrogen-bond acceptors (Lipinski definition) is 12. The number of nitrogens with two attached hydrogens (primary N) is 2. The van der Waals surface area contributed by atoms with Crippen LogP contribution in [0.4, 0.5) is 5.82 Å². The average molecular weight is 532 g/mol. The van der Waals surface area contributed by atoms with Gasteiger partial charge < -0.3 is 46.7 Å². The maximum atomic E-state index is 12.4. The van der Waals surface area contributed by atoms with Gasteiger partial charge >= 0.3 is 23.6 Å². The molecule has 16 nitrogen and oxygen atoms in total. The lowest BCUT2D eigenvalue weighted by Gasteiger charge is -2.30. The van der Waals surface area contributed by atoms with Crippen LogP contribution in [0.2, 0.25) is 0 Å². The number of esters is 1. The van der Waals surface area contributed by atoms with Crippen molar-refractivity contribution >= 4 is 29.6 Å². The van der Waals surface area contributed by atoms with E-state index in [-0.39, 0.29) is 31.5 Å². The van der Waals surface area contributed by atoms with Crippen molar-refractivity contribution in [3.05, 3.63) is 22.7 Å². The Balaban J connectivity index is 2.75. The molecule has 0 aliphatic carbocycles. The van der Waals surface area contributed by atoms with Crippen molar-refractivity contribution in [1.29, 1.82) is 0 Å². The number of methoxy groups -OCH3 is 1. The van der Waals surface area contributed by atoms with E-state index in [1.54, 1.807) is 0 Å². The molecule has 37 heavy (non-hydrogen) atoms. The van der Waals surface area contributed by atoms with E-state index in [2.05, 4.69) is 10.3 Å². The zero-order valence-corrected chi connectivity index (χ0v) is 20.4. The highest BCUT2D eigenvalue weighted by Gasteiger charge is 2.33. The number of nitrogens with one attached hydrogen (secondary N) is 1. The number of carboxylic acids is 2. The third-order valence-corrected chi connectivity index (χ3v) is 5.43. The van der Waals surface area contributed by atoms with E-state index in [9.17, 15) is 34.2 Å². The van der Waals surface area contributed by atoms with Crippen molar-refractivity contribution < 1.29 is 49.1 Å². The molecule has 1 aromatic heterocycles. The van der Waals surface area contributed by atoms with Gasteiger partial charge in [-0.3, -0.25) is 23.7 Å². The average Bonchev–Trinajstić information content (AvgIpc) is 2.84. The number of carbonyl (C=O) groups is 4. The molecule has 16 heteroatoms. The van der Waals surface area contributed by atoms with Gasteiger partial charge in [-0.1, -0.05) is 0 Å². The molecule has 0 spiro atoms. The quantitative estimate of drug-likeness (QED) is 0.108. The molecule has 0 saturated heterocycles. The number of rotatable bonds is 16. The minimum absolute atomic E-state index is 0.113. The van der Waals surface area contributed by atoms with E-state index in [0.717, 1.165) is 4.57 Å². The first kappa shape index (κ1) is 31.6. The van der Waals surface area contributed by atoms with E-state index in [0.29, 0.717) is 0 Å². The summed E-state index contributed by atoms with van der Waals surface area (Å²) in [4.78, 5) is 61.3. The Kier molecular flexibility index (Phi) is 12.8. The maximum Gasteiger partial charge on any atom is 0.349 e. The zero-order chi connectivity index (χ0) is 28.3. The lowest BCUT2D eigenvalue weighted by molar-refractivity contribution is -0.156. The smallest absolute Gasteiger partial charge is 0.349 e. The molecule has 0 saturated carbocycles. The van der Waals surface area contributed by atoms with Crippen LogP contribution in [0, 0.1) is 0 Å². The molecule has 5 unspecified atom stereocenters. The Bertz CT molecular complexity index is 1000. The minimum Gasteiger partial charge on any atom is -0.481 e. The summed E-state index contributed by atoms with van der Waals surface area (Å²) < 4.78 is 11.0. The third kappa shape index (κ3) is 10.2. The molecule has 1 heterocycles. The van der Waals surface area contributed by atoms with Crippen LogP contribution >= 0.6 is 0 Å². The summed E-state index contributed by atoms with van der Waals surface area (Å²) in [5.41, 5.74) is 10.0. The third-order valence-electron chi connectivity index (χ3n) is 5.43. The van der Waals surface area contributed by atoms with Crippen LogP contribution in [0.5, 0.6) is 0 Å². The van der Waals surface area contributed by atoms with Crippen molar-refractivity contribution in [2.45, 2.75) is 69.0 Å². The highest BCUT2D eigenvalue weighted by atomic mass is 16.6. The fourth-order valence-corrected chi connectivity index (χ4v) is 3.05. The van der Waals surface area contributed by atoms with Crippen LogP contribution in [-0.2, 0) is 28.7 Å². The highest BCUT2D eigenvalue weighted by molar-refractivity contribution is 5.90. The van der Waals surface area contributed by atoms with Gasteiger partial charge in [0.05, 0.1) is 6.04 Å². The second-order valence-electron chi connectivity index (χ2n) is 8.20. The summed E-state index contributed by atoms with van der Waals surface area (Å²) in [6, 6.07) is -2.19. The predicted molar refractivity (Wildman–Crippen MR) is 125 cm³/mol. The van der Waals surface area contributed by atoms with Gasteiger partial charge in [-0.05, 0) is 25.8 Å². The first-order chi connectivity index (χ1) is 17.3. The molecule has 1 amide bonds. The summed E-state index contributed by atoms with van der Waals surface area (Å²) >= 11 is 0. The number of hydrogen-bond donors (Lipinski definition) is 7. The topological polar surface area (TPSA) is 267 Å². The summed E-state index contributed by atoms with van der Waals surface area (Å²) in [5, 5.41) is 40.9. The molecule has 0 aliphatic rings. The van der Waals surface area contributed by atoms with Crippen LogP contribution in [0.3, 0.4) is 0 Å². The Morgan fingerprint density at radius 3 is 2.24 bits per heavy atom. The summed E-state index contributed by atoms with van der Waals surface area (Å²) in [7, 11) is 1.19. The minimum atomic E-state index is -1.63. The van der Waals surface area contributed by atoms with Gasteiger partial charge in [0.1, 0.15) is 42.8 Å². The SMILES string of the molecule is COC(COC(=O)[C@@H](N)CCC(=O)O)C(O)C(O)C(C)n1ccc(NC(=O)CCC(N)C(=O)O)nc1=O. The molecule has 0 aromatic carbocycles. The van der Waals surface area contributed by atoms with Crippen LogP contribution in [0.1, 0.15) is 38.6 Å². The van der Waals surface area contributed by atoms with Gasteiger partial charge in [-0.2, -0.15) is 4.98 Å². The molecule has 0 fully saturated rings. The van der Waals surface area contributed by atoms with Gasteiger partial charge in [0, 0.05) is 26.1 Å². The Hall–Kier alpha value is -3.44. The van der Waals surface area contributed by atoms with Gasteiger partial charge in [0.2, 0.25) is 5.91 Å². The van der Waals surface area contributed by atoms with Crippen molar-refractivity contribution in [3.63, 3.8) is 0 Å². The van der Waals surface area contributed by atoms with Crippen molar-refractivity contribution in [3.8, 4) is 0 Å². The van der Waals surface area contributed by atoms with Gasteiger partial charge in [-0.15, -0.1) is 0 Å². The normalized spacial score (nSPS) is 16.1. The predicted octanol–water partition coefficient (Wildman–Crippen LogP) is -2.59. The maximum absolute atomic E-state index is 12.4. The van der Waals surface area contributed by atoms with Crippen molar-refractivity contribution in [2.75, 3.05) is 19.0 Å². The Morgan fingerprint density at radius 2 is 1.70 bits per heavy atom. The molecule has 0 radical (unpaired) electrons. The molecule has 208 valence electrons. The number of amides is 1. The summed E-state index contributed by atoms with van der Waals surface area (Å²) in [6.45, 7) is 0.897.